The molecule has 0 bridgehead atoms. The Hall–Kier alpha value is -0.690. The van der Waals surface area contributed by atoms with Crippen LogP contribution in [0.3, 0.4) is 0 Å². The summed E-state index contributed by atoms with van der Waals surface area (Å²) in [4.78, 5) is 0. The molecule has 1 aromatic rings. The van der Waals surface area contributed by atoms with Crippen molar-refractivity contribution in [3.8, 4) is 0 Å². The Morgan fingerprint density at radius 3 is 2.21 bits per heavy atom. The van der Waals surface area contributed by atoms with E-state index in [-0.39, 0.29) is 0 Å². The van der Waals surface area contributed by atoms with E-state index in [2.05, 4.69) is 65.8 Å². The molecule has 0 aliphatic heterocycles. The van der Waals surface area contributed by atoms with Gasteiger partial charge in [0.2, 0.25) is 0 Å². The fourth-order valence-corrected chi connectivity index (χ4v) is 14.6. The second kappa shape index (κ2) is 7.53. The Bertz CT molecular complexity index is 871. The summed E-state index contributed by atoms with van der Waals surface area (Å²) in [5.41, 5.74) is 13.1. The van der Waals surface area contributed by atoms with Crippen LogP contribution >= 0.6 is 0 Å². The molecule has 4 rings (SSSR count). The van der Waals surface area contributed by atoms with Crippen LogP contribution in [0.2, 0.25) is 3.17 Å². The van der Waals surface area contributed by atoms with Gasteiger partial charge < -0.3 is 0 Å². The third kappa shape index (κ3) is 3.11. The van der Waals surface area contributed by atoms with Crippen LogP contribution in [0.25, 0.3) is 6.08 Å². The summed E-state index contributed by atoms with van der Waals surface area (Å²) in [6.07, 6.45) is 14.6. The summed E-state index contributed by atoms with van der Waals surface area (Å²) in [5.74, 6) is 0. The zero-order valence-electron chi connectivity index (χ0n) is 18.8. The minimum atomic E-state index is -1.12. The average Bonchev–Trinajstić information content (AvgIpc) is 3.31. The zero-order chi connectivity index (χ0) is 20.1. The van der Waals surface area contributed by atoms with Gasteiger partial charge in [0, 0.05) is 0 Å². The van der Waals surface area contributed by atoms with Crippen LogP contribution in [0.5, 0.6) is 0 Å². The fourth-order valence-electron chi connectivity index (χ4n) is 5.76. The van der Waals surface area contributed by atoms with Crippen molar-refractivity contribution < 1.29 is 22.9 Å². The molecular formula is C27H36Hf. The molecule has 148 valence electrons. The molecule has 0 radical (unpaired) electrons. The quantitative estimate of drug-likeness (QED) is 0.255. The molecule has 3 aliphatic rings. The average molecular weight is 539 g/mol. The molecule has 0 nitrogen and oxygen atoms in total. The third-order valence-corrected chi connectivity index (χ3v) is 16.7. The van der Waals surface area contributed by atoms with Crippen molar-refractivity contribution in [2.75, 3.05) is 0 Å². The Morgan fingerprint density at radius 2 is 1.57 bits per heavy atom. The van der Waals surface area contributed by atoms with E-state index in [0.717, 1.165) is 0 Å². The molecule has 1 heteroatoms. The predicted octanol–water partition coefficient (Wildman–Crippen LogP) is 7.93. The van der Waals surface area contributed by atoms with Crippen LogP contribution in [0.4, 0.5) is 0 Å². The standard InChI is InChI=1S/C17H21.C10H15.Hf/c1-2-3-4-6-13-9-10-16-11-14-7-5-8-15(14)12-17(13)16;1-6-7(2)9(4)10(5)8(6)3;/h9-12H,2-8H2,1H3;1-5H3;. The van der Waals surface area contributed by atoms with Crippen LogP contribution in [-0.2, 0) is 38.9 Å². The Kier molecular flexibility index (Phi) is 5.53. The molecule has 1 aromatic carbocycles. The van der Waals surface area contributed by atoms with Gasteiger partial charge in [0.1, 0.15) is 0 Å². The molecular weight excluding hydrogens is 503 g/mol. The van der Waals surface area contributed by atoms with Gasteiger partial charge in [0.25, 0.3) is 0 Å². The van der Waals surface area contributed by atoms with E-state index in [0.29, 0.717) is 6.34 Å². The molecule has 0 saturated heterocycles. The summed E-state index contributed by atoms with van der Waals surface area (Å²) >= 11 is -1.12. The van der Waals surface area contributed by atoms with Crippen LogP contribution in [0.1, 0.15) is 95.9 Å². The Morgan fingerprint density at radius 1 is 0.929 bits per heavy atom. The molecule has 0 fully saturated rings. The van der Waals surface area contributed by atoms with Gasteiger partial charge in [-0.25, -0.2) is 0 Å². The molecule has 0 heterocycles. The van der Waals surface area contributed by atoms with Gasteiger partial charge in [-0.15, -0.1) is 0 Å². The summed E-state index contributed by atoms with van der Waals surface area (Å²) in [7, 11) is 0. The van der Waals surface area contributed by atoms with Crippen LogP contribution in [-0.4, -0.2) is 0 Å². The zero-order valence-corrected chi connectivity index (χ0v) is 22.4. The number of hydrogen-bond donors (Lipinski definition) is 0. The first-order chi connectivity index (χ1) is 13.3. The van der Waals surface area contributed by atoms with Gasteiger partial charge in [0.05, 0.1) is 0 Å². The minimum absolute atomic E-state index is 0.380. The van der Waals surface area contributed by atoms with Crippen LogP contribution in [0.15, 0.2) is 40.5 Å². The van der Waals surface area contributed by atoms with E-state index >= 15 is 0 Å². The molecule has 1 unspecified atom stereocenters. The van der Waals surface area contributed by atoms with Gasteiger partial charge in [-0.2, -0.15) is 0 Å². The van der Waals surface area contributed by atoms with E-state index in [4.69, 9.17) is 0 Å². The van der Waals surface area contributed by atoms with E-state index in [1.807, 2.05) is 0 Å². The van der Waals surface area contributed by atoms with Crippen LogP contribution < -0.4 is 0 Å². The number of hydrogen-bond acceptors (Lipinski definition) is 0. The summed E-state index contributed by atoms with van der Waals surface area (Å²) in [6, 6.07) is 5.21. The van der Waals surface area contributed by atoms with E-state index in [9.17, 15) is 0 Å². The van der Waals surface area contributed by atoms with Gasteiger partial charge in [0.15, 0.2) is 0 Å². The molecule has 0 aromatic heterocycles. The molecule has 0 saturated carbocycles. The maximum atomic E-state index is 2.68. The van der Waals surface area contributed by atoms with E-state index in [1.54, 1.807) is 44.5 Å². The van der Waals surface area contributed by atoms with Crippen molar-refractivity contribution in [3.05, 3.63) is 62.8 Å². The first kappa shape index (κ1) is 20.6. The Balaban J connectivity index is 1.78. The second-order valence-electron chi connectivity index (χ2n) is 9.57. The topological polar surface area (TPSA) is 0 Å². The Labute approximate surface area is 183 Å². The normalized spacial score (nSPS) is 24.9. The van der Waals surface area contributed by atoms with Crippen LogP contribution in [0, 0.1) is 0 Å². The molecule has 28 heavy (non-hydrogen) atoms. The molecule has 0 N–H and O–H groups in total. The van der Waals surface area contributed by atoms with Crippen molar-refractivity contribution >= 4 is 6.08 Å². The maximum absolute atomic E-state index is 2.68. The van der Waals surface area contributed by atoms with Crippen molar-refractivity contribution in [1.29, 1.82) is 0 Å². The SMILES string of the molecule is CCCCC[C]1([Hf][C]2(C)C(C)=C(C)C(C)=C2C)C=Cc2cc3c(cc21)CCC3. The van der Waals surface area contributed by atoms with Crippen molar-refractivity contribution in [1.82, 2.24) is 0 Å². The summed E-state index contributed by atoms with van der Waals surface area (Å²) < 4.78 is 0.773. The fraction of sp³-hybridized carbons (Fsp3) is 0.556. The van der Waals surface area contributed by atoms with Gasteiger partial charge in [-0.1, -0.05) is 0 Å². The number of unbranched alkanes of at least 4 members (excludes halogenated alkanes) is 2. The van der Waals surface area contributed by atoms with E-state index in [1.165, 1.54) is 44.9 Å². The first-order valence-corrected chi connectivity index (χ1v) is 14.9. The van der Waals surface area contributed by atoms with Gasteiger partial charge in [-0.3, -0.25) is 0 Å². The predicted molar refractivity (Wildman–Crippen MR) is 118 cm³/mol. The third-order valence-electron chi connectivity index (χ3n) is 8.13. The number of rotatable bonds is 6. The molecule has 0 spiro atoms. The number of benzene rings is 1. The van der Waals surface area contributed by atoms with Crippen molar-refractivity contribution in [2.24, 2.45) is 0 Å². The van der Waals surface area contributed by atoms with Gasteiger partial charge in [-0.05, 0) is 0 Å². The van der Waals surface area contributed by atoms with Crippen molar-refractivity contribution in [3.63, 3.8) is 0 Å². The number of fused-ring (bicyclic) bond motifs is 2. The number of allylic oxidation sites excluding steroid dienone is 5. The summed E-state index contributed by atoms with van der Waals surface area (Å²) in [5, 5.41) is 0. The second-order valence-corrected chi connectivity index (χ2v) is 17.3. The molecule has 3 aliphatic carbocycles. The van der Waals surface area contributed by atoms with E-state index < -0.39 is 22.9 Å². The first-order valence-electron chi connectivity index (χ1n) is 11.3. The van der Waals surface area contributed by atoms with Gasteiger partial charge >= 0.3 is 185 Å². The molecule has 0 amide bonds. The summed E-state index contributed by atoms with van der Waals surface area (Å²) in [6.45, 7) is 14.5. The van der Waals surface area contributed by atoms with Crippen molar-refractivity contribution in [2.45, 2.75) is 92.8 Å². The molecule has 1 atom stereocenters. The monoisotopic (exact) mass is 540 g/mol. The number of aryl methyl sites for hydroxylation is 2.